The van der Waals surface area contributed by atoms with Crippen LogP contribution in [0.3, 0.4) is 0 Å². The van der Waals surface area contributed by atoms with Crippen LogP contribution in [-0.4, -0.2) is 5.71 Å². The first-order chi connectivity index (χ1) is 9.82. The molecule has 0 unspecified atom stereocenters. The number of aliphatic imine (C=N–C) groups is 1. The van der Waals surface area contributed by atoms with E-state index in [-0.39, 0.29) is 5.41 Å². The molecule has 1 aromatic carbocycles. The SMILES string of the molecule is N#CC1=Nc2ccccc2C12C1CC3CC(C1)CC2C3. The summed E-state index contributed by atoms with van der Waals surface area (Å²) in [5.74, 6) is 3.19. The highest BCUT2D eigenvalue weighted by atomic mass is 14.9. The van der Waals surface area contributed by atoms with Crippen molar-refractivity contribution in [3.63, 3.8) is 0 Å². The highest BCUT2D eigenvalue weighted by molar-refractivity contribution is 6.12. The molecule has 0 N–H and O–H groups in total. The number of hydrogen-bond acceptors (Lipinski definition) is 2. The van der Waals surface area contributed by atoms with Crippen molar-refractivity contribution in [3.8, 4) is 6.07 Å². The molecule has 2 heteroatoms. The van der Waals surface area contributed by atoms with Gasteiger partial charge in [-0.1, -0.05) is 18.2 Å². The van der Waals surface area contributed by atoms with Gasteiger partial charge in [-0.3, -0.25) is 0 Å². The smallest absolute Gasteiger partial charge is 0.129 e. The minimum absolute atomic E-state index is 0.0151. The second-order valence-corrected chi connectivity index (χ2v) is 7.26. The van der Waals surface area contributed by atoms with Gasteiger partial charge in [-0.15, -0.1) is 0 Å². The van der Waals surface area contributed by atoms with Crippen LogP contribution in [0.1, 0.15) is 37.7 Å². The van der Waals surface area contributed by atoms with Gasteiger partial charge in [-0.2, -0.15) is 5.26 Å². The summed E-state index contributed by atoms with van der Waals surface area (Å²) in [5, 5.41) is 9.71. The predicted molar refractivity (Wildman–Crippen MR) is 77.9 cm³/mol. The summed E-state index contributed by atoms with van der Waals surface area (Å²) >= 11 is 0. The molecule has 0 amide bonds. The maximum absolute atomic E-state index is 9.71. The Hall–Kier alpha value is -1.62. The number of fused-ring (bicyclic) bond motifs is 1. The standard InChI is InChI=1S/C18H18N2/c19-10-17-18(15-3-1-2-4-16(15)20-17)13-6-11-5-12(8-13)9-14(18)7-11/h1-4,11-14H,5-9H2. The Labute approximate surface area is 119 Å². The van der Waals surface area contributed by atoms with Crippen molar-refractivity contribution >= 4 is 11.4 Å². The van der Waals surface area contributed by atoms with Crippen LogP contribution in [-0.2, 0) is 5.41 Å². The third kappa shape index (κ3) is 1.10. The van der Waals surface area contributed by atoms with Gasteiger partial charge in [-0.05, 0) is 67.4 Å². The third-order valence-corrected chi connectivity index (χ3v) is 6.51. The number of nitriles is 1. The summed E-state index contributed by atoms with van der Waals surface area (Å²) in [6, 6.07) is 11.0. The van der Waals surface area contributed by atoms with E-state index < -0.39 is 0 Å². The highest BCUT2D eigenvalue weighted by Crippen LogP contribution is 2.65. The lowest BCUT2D eigenvalue weighted by Gasteiger charge is -2.60. The van der Waals surface area contributed by atoms with Crippen molar-refractivity contribution in [2.75, 3.05) is 0 Å². The van der Waals surface area contributed by atoms with Crippen LogP contribution in [0, 0.1) is 35.0 Å². The number of hydrogen-bond donors (Lipinski definition) is 0. The van der Waals surface area contributed by atoms with Crippen molar-refractivity contribution in [2.45, 2.75) is 37.5 Å². The number of benzene rings is 1. The molecule has 1 aromatic rings. The van der Waals surface area contributed by atoms with Gasteiger partial charge < -0.3 is 0 Å². The number of nitrogens with zero attached hydrogens (tertiary/aromatic N) is 2. The Morgan fingerprint density at radius 2 is 1.65 bits per heavy atom. The van der Waals surface area contributed by atoms with E-state index in [4.69, 9.17) is 4.99 Å². The van der Waals surface area contributed by atoms with Gasteiger partial charge in [0.05, 0.1) is 11.1 Å². The summed E-state index contributed by atoms with van der Waals surface area (Å²) in [6.07, 6.45) is 6.73. The molecule has 20 heavy (non-hydrogen) atoms. The Kier molecular flexibility index (Phi) is 1.95. The summed E-state index contributed by atoms with van der Waals surface area (Å²) < 4.78 is 0. The van der Waals surface area contributed by atoms with Crippen molar-refractivity contribution in [1.82, 2.24) is 0 Å². The Bertz CT molecular complexity index is 636. The molecule has 100 valence electrons. The topological polar surface area (TPSA) is 36.1 Å². The molecule has 5 aliphatic rings. The lowest BCUT2D eigenvalue weighted by molar-refractivity contribution is -0.0271. The van der Waals surface area contributed by atoms with E-state index in [9.17, 15) is 5.26 Å². The fraction of sp³-hybridized carbons (Fsp3) is 0.556. The van der Waals surface area contributed by atoms with Crippen molar-refractivity contribution in [3.05, 3.63) is 29.8 Å². The average Bonchev–Trinajstić information content (AvgIpc) is 2.79. The summed E-state index contributed by atoms with van der Waals surface area (Å²) in [4.78, 5) is 4.72. The van der Waals surface area contributed by atoms with Gasteiger partial charge in [0.15, 0.2) is 0 Å². The fourth-order valence-corrected chi connectivity index (χ4v) is 6.13. The zero-order valence-corrected chi connectivity index (χ0v) is 11.5. The van der Waals surface area contributed by atoms with E-state index in [1.807, 2.05) is 6.07 Å². The molecule has 4 aliphatic carbocycles. The monoisotopic (exact) mass is 262 g/mol. The molecule has 0 atom stereocenters. The molecule has 6 rings (SSSR count). The molecule has 1 spiro atoms. The molecule has 0 saturated heterocycles. The molecular formula is C18H18N2. The van der Waals surface area contributed by atoms with Crippen molar-refractivity contribution < 1.29 is 0 Å². The van der Waals surface area contributed by atoms with Gasteiger partial charge >= 0.3 is 0 Å². The molecule has 2 nitrogen and oxygen atoms in total. The van der Waals surface area contributed by atoms with Crippen LogP contribution >= 0.6 is 0 Å². The molecule has 4 saturated carbocycles. The van der Waals surface area contributed by atoms with E-state index in [0.717, 1.165) is 23.2 Å². The van der Waals surface area contributed by atoms with E-state index in [0.29, 0.717) is 11.8 Å². The third-order valence-electron chi connectivity index (χ3n) is 6.51. The van der Waals surface area contributed by atoms with Gasteiger partial charge in [0.1, 0.15) is 11.8 Å². The van der Waals surface area contributed by atoms with Gasteiger partial charge in [-0.25, -0.2) is 4.99 Å². The van der Waals surface area contributed by atoms with Crippen LogP contribution in [0.4, 0.5) is 5.69 Å². The van der Waals surface area contributed by atoms with Gasteiger partial charge in [0.25, 0.3) is 0 Å². The normalized spacial score (nSPS) is 43.5. The van der Waals surface area contributed by atoms with E-state index >= 15 is 0 Å². The molecular weight excluding hydrogens is 244 g/mol. The quantitative estimate of drug-likeness (QED) is 0.696. The van der Waals surface area contributed by atoms with Crippen LogP contribution in [0.2, 0.25) is 0 Å². The van der Waals surface area contributed by atoms with Gasteiger partial charge in [0, 0.05) is 0 Å². The minimum Gasteiger partial charge on any atom is -0.241 e. The molecule has 1 heterocycles. The van der Waals surface area contributed by atoms with E-state index in [1.165, 1.54) is 37.7 Å². The first-order valence-electron chi connectivity index (χ1n) is 7.91. The van der Waals surface area contributed by atoms with Crippen LogP contribution in [0.5, 0.6) is 0 Å². The zero-order valence-electron chi connectivity index (χ0n) is 11.5. The fourth-order valence-electron chi connectivity index (χ4n) is 6.13. The minimum atomic E-state index is -0.0151. The predicted octanol–water partition coefficient (Wildman–Crippen LogP) is 3.99. The summed E-state index contributed by atoms with van der Waals surface area (Å²) in [5.41, 5.74) is 3.24. The highest BCUT2D eigenvalue weighted by Gasteiger charge is 2.62. The Morgan fingerprint density at radius 3 is 2.30 bits per heavy atom. The molecule has 4 bridgehead atoms. The molecule has 1 aliphatic heterocycles. The zero-order chi connectivity index (χ0) is 13.3. The van der Waals surface area contributed by atoms with Crippen molar-refractivity contribution in [2.24, 2.45) is 28.7 Å². The lowest BCUT2D eigenvalue weighted by Crippen LogP contribution is -2.58. The largest absolute Gasteiger partial charge is 0.241 e. The van der Waals surface area contributed by atoms with Crippen LogP contribution in [0.15, 0.2) is 29.3 Å². The maximum Gasteiger partial charge on any atom is 0.129 e. The second kappa shape index (κ2) is 3.52. The first kappa shape index (κ1) is 11.1. The molecule has 0 radical (unpaired) electrons. The molecule has 4 fully saturated rings. The average molecular weight is 262 g/mol. The molecule has 0 aromatic heterocycles. The second-order valence-electron chi connectivity index (χ2n) is 7.26. The van der Waals surface area contributed by atoms with Crippen LogP contribution < -0.4 is 0 Å². The van der Waals surface area contributed by atoms with Crippen molar-refractivity contribution in [1.29, 1.82) is 5.26 Å². The van der Waals surface area contributed by atoms with Gasteiger partial charge in [0.2, 0.25) is 0 Å². The van der Waals surface area contributed by atoms with E-state index in [1.54, 1.807) is 0 Å². The lowest BCUT2D eigenvalue weighted by atomic mass is 9.43. The van der Waals surface area contributed by atoms with E-state index in [2.05, 4.69) is 24.3 Å². The summed E-state index contributed by atoms with van der Waals surface area (Å²) in [6.45, 7) is 0. The summed E-state index contributed by atoms with van der Waals surface area (Å²) in [7, 11) is 0. The number of para-hydroxylation sites is 1. The Balaban J connectivity index is 1.76. The maximum atomic E-state index is 9.71. The van der Waals surface area contributed by atoms with Crippen LogP contribution in [0.25, 0.3) is 0 Å². The Morgan fingerprint density at radius 1 is 1.00 bits per heavy atom. The first-order valence-corrected chi connectivity index (χ1v) is 7.91. The number of rotatable bonds is 0.